The van der Waals surface area contributed by atoms with Crippen LogP contribution in [0.2, 0.25) is 0 Å². The lowest BCUT2D eigenvalue weighted by atomic mass is 10.1. The van der Waals surface area contributed by atoms with Crippen LogP contribution in [0.3, 0.4) is 0 Å². The summed E-state index contributed by atoms with van der Waals surface area (Å²) in [4.78, 5) is 16.1. The lowest BCUT2D eigenvalue weighted by Crippen LogP contribution is -2.50. The van der Waals surface area contributed by atoms with Crippen molar-refractivity contribution in [3.63, 3.8) is 0 Å². The van der Waals surface area contributed by atoms with Crippen molar-refractivity contribution in [1.82, 2.24) is 9.80 Å². The van der Waals surface area contributed by atoms with Gasteiger partial charge in [-0.3, -0.25) is 9.69 Å². The Hall–Kier alpha value is -1.59. The van der Waals surface area contributed by atoms with Gasteiger partial charge in [-0.2, -0.15) is 0 Å². The fraction of sp³-hybridized carbons (Fsp3) is 0.533. The van der Waals surface area contributed by atoms with Crippen LogP contribution < -0.4 is 0 Å². The minimum Gasteiger partial charge on any atom is -0.459 e. The van der Waals surface area contributed by atoms with Crippen LogP contribution in [0.5, 0.6) is 0 Å². The van der Waals surface area contributed by atoms with Crippen LogP contribution in [-0.2, 0) is 0 Å². The highest BCUT2D eigenvalue weighted by atomic mass is 16.3. The highest BCUT2D eigenvalue weighted by Crippen LogP contribution is 2.10. The van der Waals surface area contributed by atoms with E-state index in [9.17, 15) is 9.90 Å². The lowest BCUT2D eigenvalue weighted by molar-refractivity contribution is 0.0494. The van der Waals surface area contributed by atoms with Gasteiger partial charge in [0.25, 0.3) is 5.91 Å². The van der Waals surface area contributed by atoms with Gasteiger partial charge < -0.3 is 14.4 Å². The van der Waals surface area contributed by atoms with Gasteiger partial charge in [-0.05, 0) is 25.0 Å². The van der Waals surface area contributed by atoms with E-state index in [1.54, 1.807) is 17.0 Å². The molecule has 0 saturated carbocycles. The number of hydrogen-bond donors (Lipinski definition) is 1. The topological polar surface area (TPSA) is 56.9 Å². The van der Waals surface area contributed by atoms with Gasteiger partial charge in [0.1, 0.15) is 0 Å². The van der Waals surface area contributed by atoms with Crippen molar-refractivity contribution in [2.75, 3.05) is 32.7 Å². The van der Waals surface area contributed by atoms with Crippen molar-refractivity contribution in [2.45, 2.75) is 18.9 Å². The number of β-amino-alcohol motifs (C(OH)–C–C–N with tert-alkyl or cyclic N) is 1. The molecule has 0 aliphatic carbocycles. The van der Waals surface area contributed by atoms with Crippen LogP contribution in [0.1, 0.15) is 23.4 Å². The second-order valence-electron chi connectivity index (χ2n) is 5.09. The average molecular weight is 278 g/mol. The predicted octanol–water partition coefficient (Wildman–Crippen LogP) is 1.36. The maximum atomic E-state index is 12.1. The number of allylic oxidation sites excluding steroid dienone is 1. The number of amides is 1. The van der Waals surface area contributed by atoms with E-state index in [1.165, 1.54) is 6.26 Å². The van der Waals surface area contributed by atoms with E-state index < -0.39 is 0 Å². The van der Waals surface area contributed by atoms with E-state index >= 15 is 0 Å². The summed E-state index contributed by atoms with van der Waals surface area (Å²) in [5, 5.41) is 9.87. The second kappa shape index (κ2) is 7.26. The molecule has 2 rings (SSSR count). The van der Waals surface area contributed by atoms with E-state index in [-0.39, 0.29) is 12.0 Å². The van der Waals surface area contributed by atoms with Crippen LogP contribution in [0, 0.1) is 0 Å². The molecule has 1 aromatic rings. The van der Waals surface area contributed by atoms with Crippen molar-refractivity contribution in [2.24, 2.45) is 0 Å². The summed E-state index contributed by atoms with van der Waals surface area (Å²) >= 11 is 0. The van der Waals surface area contributed by atoms with Crippen LogP contribution in [0.4, 0.5) is 0 Å². The number of furan rings is 1. The second-order valence-corrected chi connectivity index (χ2v) is 5.09. The first kappa shape index (κ1) is 14.8. The molecule has 1 aliphatic rings. The Balaban J connectivity index is 1.75. The van der Waals surface area contributed by atoms with Gasteiger partial charge in [-0.15, -0.1) is 6.58 Å². The first-order valence-electron chi connectivity index (χ1n) is 7.05. The summed E-state index contributed by atoms with van der Waals surface area (Å²) in [6, 6.07) is 3.41. The number of carbonyl (C=O) groups is 1. The van der Waals surface area contributed by atoms with E-state index in [0.717, 1.165) is 25.9 Å². The van der Waals surface area contributed by atoms with Crippen molar-refractivity contribution in [1.29, 1.82) is 0 Å². The van der Waals surface area contributed by atoms with Gasteiger partial charge in [0, 0.05) is 32.7 Å². The maximum Gasteiger partial charge on any atom is 0.289 e. The Kier molecular flexibility index (Phi) is 5.38. The Labute approximate surface area is 119 Å². The normalized spacial score (nSPS) is 17.9. The summed E-state index contributed by atoms with van der Waals surface area (Å²) in [5.41, 5.74) is 0. The largest absolute Gasteiger partial charge is 0.459 e. The third kappa shape index (κ3) is 3.95. The standard InChI is InChI=1S/C15H22N2O3/c1-2-3-5-13(18)12-16-7-9-17(10-8-16)15(19)14-6-4-11-20-14/h2,4,6,11,13,18H,1,3,5,7-10,12H2. The molecule has 1 aliphatic heterocycles. The van der Waals surface area contributed by atoms with Crippen LogP contribution in [-0.4, -0.2) is 59.6 Å². The number of piperazine rings is 1. The van der Waals surface area contributed by atoms with Gasteiger partial charge in [-0.25, -0.2) is 0 Å². The predicted molar refractivity (Wildman–Crippen MR) is 76.5 cm³/mol. The first-order chi connectivity index (χ1) is 9.70. The van der Waals surface area contributed by atoms with Gasteiger partial charge >= 0.3 is 0 Å². The SMILES string of the molecule is C=CCCC(O)CN1CCN(C(=O)c2ccco2)CC1. The maximum absolute atomic E-state index is 12.1. The van der Waals surface area contributed by atoms with Crippen molar-refractivity contribution in [3.8, 4) is 0 Å². The highest BCUT2D eigenvalue weighted by molar-refractivity contribution is 5.91. The van der Waals surface area contributed by atoms with Crippen LogP contribution in [0.25, 0.3) is 0 Å². The molecule has 2 heterocycles. The molecule has 1 unspecified atom stereocenters. The molecule has 1 atom stereocenters. The summed E-state index contributed by atoms with van der Waals surface area (Å²) in [7, 11) is 0. The molecule has 0 aromatic carbocycles. The number of aliphatic hydroxyl groups is 1. The lowest BCUT2D eigenvalue weighted by Gasteiger charge is -2.35. The molecule has 0 radical (unpaired) electrons. The quantitative estimate of drug-likeness (QED) is 0.798. The molecular formula is C15H22N2O3. The summed E-state index contributed by atoms with van der Waals surface area (Å²) in [6.45, 7) is 7.25. The van der Waals surface area contributed by atoms with Crippen molar-refractivity contribution in [3.05, 3.63) is 36.8 Å². The molecule has 110 valence electrons. The number of aliphatic hydroxyl groups excluding tert-OH is 1. The summed E-state index contributed by atoms with van der Waals surface area (Å²) < 4.78 is 5.13. The molecule has 1 N–H and O–H groups in total. The Morgan fingerprint density at radius 3 is 2.80 bits per heavy atom. The van der Waals surface area contributed by atoms with E-state index in [1.807, 2.05) is 6.08 Å². The molecule has 5 nitrogen and oxygen atoms in total. The zero-order valence-electron chi connectivity index (χ0n) is 11.7. The molecule has 1 aromatic heterocycles. The minimum absolute atomic E-state index is 0.0538. The van der Waals surface area contributed by atoms with Crippen molar-refractivity contribution >= 4 is 5.91 Å². The number of hydrogen-bond acceptors (Lipinski definition) is 4. The van der Waals surface area contributed by atoms with Crippen LogP contribution in [0.15, 0.2) is 35.5 Å². The molecule has 0 spiro atoms. The zero-order chi connectivity index (χ0) is 14.4. The fourth-order valence-electron chi connectivity index (χ4n) is 2.39. The Morgan fingerprint density at radius 2 is 2.20 bits per heavy atom. The molecule has 5 heteroatoms. The molecule has 0 bridgehead atoms. The molecule has 1 fully saturated rings. The van der Waals surface area contributed by atoms with Gasteiger partial charge in [0.15, 0.2) is 5.76 Å². The zero-order valence-corrected chi connectivity index (χ0v) is 11.7. The molecule has 1 saturated heterocycles. The fourth-order valence-corrected chi connectivity index (χ4v) is 2.39. The van der Waals surface area contributed by atoms with Gasteiger partial charge in [0.05, 0.1) is 12.4 Å². The molecule has 20 heavy (non-hydrogen) atoms. The Morgan fingerprint density at radius 1 is 1.45 bits per heavy atom. The third-order valence-electron chi connectivity index (χ3n) is 3.56. The summed E-state index contributed by atoms with van der Waals surface area (Å²) in [5.74, 6) is 0.339. The first-order valence-corrected chi connectivity index (χ1v) is 7.05. The molecular weight excluding hydrogens is 256 g/mol. The highest BCUT2D eigenvalue weighted by Gasteiger charge is 2.24. The monoisotopic (exact) mass is 278 g/mol. The van der Waals surface area contributed by atoms with Gasteiger partial charge in [0.2, 0.25) is 0 Å². The number of nitrogens with zero attached hydrogens (tertiary/aromatic N) is 2. The smallest absolute Gasteiger partial charge is 0.289 e. The third-order valence-corrected chi connectivity index (χ3v) is 3.56. The van der Waals surface area contributed by atoms with E-state index in [2.05, 4.69) is 11.5 Å². The number of carbonyl (C=O) groups excluding carboxylic acids is 1. The van der Waals surface area contributed by atoms with Crippen LogP contribution >= 0.6 is 0 Å². The number of rotatable bonds is 6. The van der Waals surface area contributed by atoms with Gasteiger partial charge in [-0.1, -0.05) is 6.08 Å². The van der Waals surface area contributed by atoms with E-state index in [4.69, 9.17) is 4.42 Å². The Bertz CT molecular complexity index is 422. The van der Waals surface area contributed by atoms with Crippen molar-refractivity contribution < 1.29 is 14.3 Å². The average Bonchev–Trinajstić information content (AvgIpc) is 2.99. The minimum atomic E-state index is -0.319. The van der Waals surface area contributed by atoms with E-state index in [0.29, 0.717) is 25.4 Å². The summed E-state index contributed by atoms with van der Waals surface area (Å²) in [6.07, 6.45) is 4.59. The molecule has 1 amide bonds.